The second-order valence-electron chi connectivity index (χ2n) is 10.9. The summed E-state index contributed by atoms with van der Waals surface area (Å²) in [6.07, 6.45) is 10.8. The van der Waals surface area contributed by atoms with Gasteiger partial charge in [-0.2, -0.15) is 0 Å². The zero-order valence-corrected chi connectivity index (χ0v) is 19.7. The number of aromatic nitrogens is 1. The third-order valence-electron chi connectivity index (χ3n) is 8.82. The van der Waals surface area contributed by atoms with Gasteiger partial charge in [-0.1, -0.05) is 24.6 Å². The van der Waals surface area contributed by atoms with Gasteiger partial charge in [0, 0.05) is 62.5 Å². The average molecular weight is 459 g/mol. The Morgan fingerprint density at radius 2 is 1.74 bits per heavy atom. The molecule has 2 aliphatic carbocycles. The molecule has 2 saturated carbocycles. The van der Waals surface area contributed by atoms with E-state index in [9.17, 15) is 9.59 Å². The van der Waals surface area contributed by atoms with Gasteiger partial charge in [-0.25, -0.2) is 4.79 Å². The van der Waals surface area contributed by atoms with Crippen LogP contribution in [0.2, 0.25) is 0 Å². The SMILES string of the molecule is O=C(CC1C[C@H]2CC[C@H]1C2)N1CCC(c2ccc(NC(=O)N3CC(c4cccnc4)C3)cc2)C1. The third kappa shape index (κ3) is 4.30. The van der Waals surface area contributed by atoms with E-state index < -0.39 is 0 Å². The van der Waals surface area contributed by atoms with Gasteiger partial charge >= 0.3 is 6.03 Å². The van der Waals surface area contributed by atoms with Crippen LogP contribution in [0.25, 0.3) is 0 Å². The first-order chi connectivity index (χ1) is 16.6. The highest BCUT2D eigenvalue weighted by molar-refractivity contribution is 5.90. The fraction of sp³-hybridized carbons (Fsp3) is 0.536. The fourth-order valence-corrected chi connectivity index (χ4v) is 6.75. The van der Waals surface area contributed by atoms with Crippen LogP contribution in [0, 0.1) is 17.8 Å². The lowest BCUT2D eigenvalue weighted by atomic mass is 9.86. The molecule has 0 radical (unpaired) electrons. The third-order valence-corrected chi connectivity index (χ3v) is 8.82. The Hall–Kier alpha value is -2.89. The Labute approximate surface area is 201 Å². The zero-order valence-electron chi connectivity index (χ0n) is 19.7. The van der Waals surface area contributed by atoms with E-state index in [1.807, 2.05) is 29.3 Å². The molecule has 6 rings (SSSR count). The quantitative estimate of drug-likeness (QED) is 0.696. The molecule has 6 heteroatoms. The number of rotatable bonds is 5. The molecule has 0 spiro atoms. The number of anilines is 1. The van der Waals surface area contributed by atoms with Gasteiger partial charge in [0.05, 0.1) is 0 Å². The minimum atomic E-state index is -0.0499. The van der Waals surface area contributed by atoms with Crippen LogP contribution in [0.4, 0.5) is 10.5 Å². The average Bonchev–Trinajstić information content (AvgIpc) is 3.57. The summed E-state index contributed by atoms with van der Waals surface area (Å²) in [5.41, 5.74) is 3.27. The largest absolute Gasteiger partial charge is 0.342 e. The molecule has 2 aromatic rings. The van der Waals surface area contributed by atoms with Gasteiger partial charge in [-0.05, 0) is 72.8 Å². The van der Waals surface area contributed by atoms with Crippen molar-refractivity contribution < 1.29 is 9.59 Å². The van der Waals surface area contributed by atoms with E-state index in [1.54, 1.807) is 6.20 Å². The molecule has 2 bridgehead atoms. The van der Waals surface area contributed by atoms with Gasteiger partial charge in [-0.15, -0.1) is 0 Å². The zero-order chi connectivity index (χ0) is 23.1. The van der Waals surface area contributed by atoms with Gasteiger partial charge in [-0.3, -0.25) is 9.78 Å². The molecule has 2 aliphatic heterocycles. The molecular weight excluding hydrogens is 424 g/mol. The monoisotopic (exact) mass is 458 g/mol. The molecule has 3 heterocycles. The molecule has 6 nitrogen and oxygen atoms in total. The minimum Gasteiger partial charge on any atom is -0.342 e. The van der Waals surface area contributed by atoms with Crippen LogP contribution in [0.15, 0.2) is 48.8 Å². The number of benzene rings is 1. The standard InChI is InChI=1S/C28H34N4O2/c33-27(14-24-13-19-3-4-21(24)12-19)31-11-9-23(16-31)20-5-7-26(8-6-20)30-28(34)32-17-25(18-32)22-2-1-10-29-15-22/h1-2,5-8,10,15,19,21,23-25H,3-4,9,11-14,16-18H2,(H,30,34)/t19-,21-,23?,24?/m0/s1. The van der Waals surface area contributed by atoms with Crippen molar-refractivity contribution in [2.45, 2.75) is 50.4 Å². The Morgan fingerprint density at radius 1 is 0.912 bits per heavy atom. The number of nitrogens with one attached hydrogen (secondary N) is 1. The summed E-state index contributed by atoms with van der Waals surface area (Å²) in [4.78, 5) is 33.6. The molecular formula is C28H34N4O2. The Morgan fingerprint density at radius 3 is 2.44 bits per heavy atom. The smallest absolute Gasteiger partial charge is 0.321 e. The maximum atomic E-state index is 12.9. The van der Waals surface area contributed by atoms with Crippen molar-refractivity contribution in [3.05, 3.63) is 59.9 Å². The van der Waals surface area contributed by atoms with E-state index >= 15 is 0 Å². The molecule has 1 N–H and O–H groups in total. The van der Waals surface area contributed by atoms with Gasteiger partial charge in [0.2, 0.25) is 5.91 Å². The number of hydrogen-bond acceptors (Lipinski definition) is 3. The maximum absolute atomic E-state index is 12.9. The van der Waals surface area contributed by atoms with Gasteiger partial charge in [0.25, 0.3) is 0 Å². The second-order valence-corrected chi connectivity index (χ2v) is 10.9. The van der Waals surface area contributed by atoms with Crippen LogP contribution in [0.1, 0.15) is 61.5 Å². The minimum absolute atomic E-state index is 0.0499. The summed E-state index contributed by atoms with van der Waals surface area (Å²) in [5.74, 6) is 3.48. The van der Waals surface area contributed by atoms with E-state index in [2.05, 4.69) is 33.4 Å². The second kappa shape index (κ2) is 9.05. The van der Waals surface area contributed by atoms with E-state index in [0.717, 1.165) is 56.5 Å². The van der Waals surface area contributed by atoms with Gasteiger partial charge in [0.1, 0.15) is 0 Å². The lowest BCUT2D eigenvalue weighted by molar-refractivity contribution is -0.131. The Bertz CT molecular complexity index is 1030. The molecule has 2 unspecified atom stereocenters. The molecule has 1 aromatic carbocycles. The van der Waals surface area contributed by atoms with Crippen molar-refractivity contribution in [2.75, 3.05) is 31.5 Å². The number of nitrogens with zero attached hydrogens (tertiary/aromatic N) is 3. The highest BCUT2D eigenvalue weighted by Gasteiger charge is 2.41. The van der Waals surface area contributed by atoms with Crippen LogP contribution >= 0.6 is 0 Å². The summed E-state index contributed by atoms with van der Waals surface area (Å²) in [6.45, 7) is 3.15. The number of urea groups is 1. The molecule has 2 saturated heterocycles. The number of carbonyl (C=O) groups is 2. The number of carbonyl (C=O) groups excluding carboxylic acids is 2. The van der Waals surface area contributed by atoms with Crippen LogP contribution in [-0.2, 0) is 4.79 Å². The van der Waals surface area contributed by atoms with Crippen molar-refractivity contribution >= 4 is 17.6 Å². The molecule has 1 aromatic heterocycles. The summed E-state index contributed by atoms with van der Waals surface area (Å²) in [7, 11) is 0. The summed E-state index contributed by atoms with van der Waals surface area (Å²) in [5, 5.41) is 3.02. The molecule has 4 fully saturated rings. The highest BCUT2D eigenvalue weighted by Crippen LogP contribution is 2.49. The van der Waals surface area contributed by atoms with Crippen LogP contribution in [0.3, 0.4) is 0 Å². The van der Waals surface area contributed by atoms with Crippen molar-refractivity contribution in [3.8, 4) is 0 Å². The molecule has 34 heavy (non-hydrogen) atoms. The van der Waals surface area contributed by atoms with E-state index in [1.165, 1.54) is 36.8 Å². The first kappa shape index (κ1) is 21.6. The van der Waals surface area contributed by atoms with E-state index in [-0.39, 0.29) is 6.03 Å². The fourth-order valence-electron chi connectivity index (χ4n) is 6.75. The maximum Gasteiger partial charge on any atom is 0.321 e. The topological polar surface area (TPSA) is 65.5 Å². The van der Waals surface area contributed by atoms with E-state index in [0.29, 0.717) is 23.7 Å². The first-order valence-electron chi connectivity index (χ1n) is 13.0. The van der Waals surface area contributed by atoms with Crippen molar-refractivity contribution in [1.82, 2.24) is 14.8 Å². The van der Waals surface area contributed by atoms with Crippen LogP contribution in [-0.4, -0.2) is 52.9 Å². The molecule has 178 valence electrons. The Balaban J connectivity index is 0.975. The number of fused-ring (bicyclic) bond motifs is 2. The normalized spacial score (nSPS) is 28.2. The molecule has 4 atom stereocenters. The van der Waals surface area contributed by atoms with Crippen molar-refractivity contribution in [3.63, 3.8) is 0 Å². The summed E-state index contributed by atoms with van der Waals surface area (Å²) >= 11 is 0. The summed E-state index contributed by atoms with van der Waals surface area (Å²) < 4.78 is 0. The van der Waals surface area contributed by atoms with Crippen LogP contribution in [0.5, 0.6) is 0 Å². The first-order valence-corrected chi connectivity index (χ1v) is 13.0. The predicted octanol–water partition coefficient (Wildman–Crippen LogP) is 4.86. The van der Waals surface area contributed by atoms with Crippen LogP contribution < -0.4 is 5.32 Å². The number of pyridine rings is 1. The Kier molecular flexibility index (Phi) is 5.75. The van der Waals surface area contributed by atoms with Crippen molar-refractivity contribution in [2.24, 2.45) is 17.8 Å². The van der Waals surface area contributed by atoms with Gasteiger partial charge in [0.15, 0.2) is 0 Å². The molecule has 3 amide bonds. The predicted molar refractivity (Wildman–Crippen MR) is 132 cm³/mol. The number of amides is 3. The van der Waals surface area contributed by atoms with E-state index in [4.69, 9.17) is 0 Å². The number of likely N-dealkylation sites (tertiary alicyclic amines) is 2. The highest BCUT2D eigenvalue weighted by atomic mass is 16.2. The molecule has 4 aliphatic rings. The number of hydrogen-bond donors (Lipinski definition) is 1. The van der Waals surface area contributed by atoms with Gasteiger partial charge < -0.3 is 15.1 Å². The van der Waals surface area contributed by atoms with Crippen molar-refractivity contribution in [1.29, 1.82) is 0 Å². The lowest BCUT2D eigenvalue weighted by Crippen LogP contribution is -2.50. The summed E-state index contributed by atoms with van der Waals surface area (Å²) in [6, 6.07) is 12.2. The lowest BCUT2D eigenvalue weighted by Gasteiger charge is -2.39.